The Bertz CT molecular complexity index is 585. The van der Waals surface area contributed by atoms with Crippen LogP contribution < -0.4 is 0 Å². The minimum Gasteiger partial charge on any atom is -0.481 e. The molecule has 188 valence electrons. The van der Waals surface area contributed by atoms with E-state index in [4.69, 9.17) is 5.11 Å². The summed E-state index contributed by atoms with van der Waals surface area (Å²) in [5.41, 5.74) is 1.07. The normalized spacial score (nSPS) is 43.2. The summed E-state index contributed by atoms with van der Waals surface area (Å²) in [7, 11) is 0. The summed E-state index contributed by atoms with van der Waals surface area (Å²) in [5, 5.41) is 9.15. The molecule has 0 spiro atoms. The second-order valence-electron chi connectivity index (χ2n) is 11.8. The maximum absolute atomic E-state index is 11.1. The van der Waals surface area contributed by atoms with Crippen molar-refractivity contribution in [3.8, 4) is 0 Å². The van der Waals surface area contributed by atoms with Gasteiger partial charge in [-0.3, -0.25) is 4.79 Å². The highest BCUT2D eigenvalue weighted by atomic mass is 16.4. The maximum Gasteiger partial charge on any atom is 0.303 e. The van der Waals surface area contributed by atoms with Crippen molar-refractivity contribution in [3.63, 3.8) is 0 Å². The third kappa shape index (κ3) is 4.95. The molecule has 0 aromatic carbocycles. The number of fused-ring (bicyclic) bond motifs is 5. The molecule has 9 atom stereocenters. The third-order valence-electron chi connectivity index (χ3n) is 10.9. The van der Waals surface area contributed by atoms with E-state index in [2.05, 4.69) is 27.7 Å². The zero-order valence-corrected chi connectivity index (χ0v) is 22.9. The summed E-state index contributed by atoms with van der Waals surface area (Å²) in [4.78, 5) is 11.1. The van der Waals surface area contributed by atoms with E-state index < -0.39 is 5.97 Å². The van der Waals surface area contributed by atoms with Crippen LogP contribution in [0.4, 0.5) is 0 Å². The van der Waals surface area contributed by atoms with Crippen LogP contribution in [-0.4, -0.2) is 11.1 Å². The van der Waals surface area contributed by atoms with Crippen molar-refractivity contribution in [2.75, 3.05) is 0 Å². The number of carboxylic acid groups (broad SMARTS) is 1. The maximum atomic E-state index is 11.1. The van der Waals surface area contributed by atoms with Crippen LogP contribution in [0.2, 0.25) is 0 Å². The van der Waals surface area contributed by atoms with Crippen molar-refractivity contribution < 1.29 is 9.90 Å². The molecular weight excluding hydrogens is 392 g/mol. The molecule has 0 aromatic rings. The highest BCUT2D eigenvalue weighted by Crippen LogP contribution is 2.69. The number of carbonyl (C=O) groups is 1. The summed E-state index contributed by atoms with van der Waals surface area (Å²) in [5.74, 6) is 5.44. The van der Waals surface area contributed by atoms with Crippen LogP contribution in [0.15, 0.2) is 0 Å². The van der Waals surface area contributed by atoms with Crippen LogP contribution >= 0.6 is 0 Å². The van der Waals surface area contributed by atoms with E-state index in [9.17, 15) is 4.79 Å². The van der Waals surface area contributed by atoms with E-state index >= 15 is 0 Å². The van der Waals surface area contributed by atoms with E-state index in [1.165, 1.54) is 64.2 Å². The van der Waals surface area contributed by atoms with Gasteiger partial charge in [0, 0.05) is 6.42 Å². The smallest absolute Gasteiger partial charge is 0.303 e. The molecule has 2 heteroatoms. The lowest BCUT2D eigenvalue weighted by atomic mass is 9.42. The molecule has 32 heavy (non-hydrogen) atoms. The second-order valence-corrected chi connectivity index (χ2v) is 11.8. The standard InChI is InChI=1S/C26H44O2.2C2H6/c1-5-18-16-19-22-11-10-20(17(2)9-12-24(27)28)26(22,4)15-13-23(19)25(3)14-7-6-8-21(18)25;2*1-2/h17-23H,5-16H2,1-4H3,(H,27,28);2*1-2H3/t17?,18-,19?,20?,21?,22?,23-,25?,26?;;/m0../s1. The van der Waals surface area contributed by atoms with E-state index in [0.717, 1.165) is 41.9 Å². The molecule has 4 aliphatic carbocycles. The van der Waals surface area contributed by atoms with Gasteiger partial charge < -0.3 is 5.11 Å². The highest BCUT2D eigenvalue weighted by molar-refractivity contribution is 5.66. The first-order chi connectivity index (χ1) is 15.3. The van der Waals surface area contributed by atoms with Crippen LogP contribution in [0, 0.1) is 52.3 Å². The number of hydrogen-bond donors (Lipinski definition) is 1. The van der Waals surface area contributed by atoms with Gasteiger partial charge in [0.05, 0.1) is 0 Å². The summed E-state index contributed by atoms with van der Waals surface area (Å²) >= 11 is 0. The fraction of sp³-hybridized carbons (Fsp3) is 0.967. The topological polar surface area (TPSA) is 37.3 Å². The molecule has 4 saturated carbocycles. The van der Waals surface area contributed by atoms with E-state index in [0.29, 0.717) is 23.2 Å². The summed E-state index contributed by atoms with van der Waals surface area (Å²) in [6, 6.07) is 0. The molecule has 4 rings (SSSR count). The van der Waals surface area contributed by atoms with E-state index in [1.807, 2.05) is 27.7 Å². The third-order valence-corrected chi connectivity index (χ3v) is 10.9. The van der Waals surface area contributed by atoms with Crippen LogP contribution in [0.3, 0.4) is 0 Å². The predicted octanol–water partition coefficient (Wildman–Crippen LogP) is 9.22. The molecule has 0 aliphatic heterocycles. The molecule has 2 nitrogen and oxygen atoms in total. The number of aliphatic carboxylic acids is 1. The fourth-order valence-electron chi connectivity index (χ4n) is 9.55. The van der Waals surface area contributed by atoms with Gasteiger partial charge in [-0.1, -0.05) is 74.7 Å². The molecular formula is C30H56O2. The van der Waals surface area contributed by atoms with Crippen molar-refractivity contribution in [1.29, 1.82) is 0 Å². The Kier molecular flexibility index (Phi) is 10.2. The molecule has 7 unspecified atom stereocenters. The molecule has 0 amide bonds. The van der Waals surface area contributed by atoms with Gasteiger partial charge in [0.2, 0.25) is 0 Å². The van der Waals surface area contributed by atoms with Gasteiger partial charge in [0.1, 0.15) is 0 Å². The minimum absolute atomic E-state index is 0.349. The SMILES string of the molecule is CC.CC.CC[C@H]1CC2C3CCC(C(C)CCC(=O)O)C3(C)CC[C@@H]2C2(C)CCCCC12. The summed E-state index contributed by atoms with van der Waals surface area (Å²) in [6.07, 6.45) is 15.6. The quantitative estimate of drug-likeness (QED) is 0.455. The highest BCUT2D eigenvalue weighted by Gasteiger charge is 2.61. The van der Waals surface area contributed by atoms with Crippen LogP contribution in [-0.2, 0) is 4.79 Å². The van der Waals surface area contributed by atoms with Gasteiger partial charge in [-0.05, 0) is 104 Å². The zero-order valence-electron chi connectivity index (χ0n) is 22.9. The average molecular weight is 449 g/mol. The van der Waals surface area contributed by atoms with Crippen LogP contribution in [0.5, 0.6) is 0 Å². The molecule has 0 saturated heterocycles. The molecule has 0 radical (unpaired) electrons. The molecule has 1 N–H and O–H groups in total. The van der Waals surface area contributed by atoms with Crippen LogP contribution in [0.25, 0.3) is 0 Å². The number of hydrogen-bond acceptors (Lipinski definition) is 1. The lowest BCUT2D eigenvalue weighted by molar-refractivity contribution is -0.140. The Balaban J connectivity index is 0.000000860. The fourth-order valence-corrected chi connectivity index (χ4v) is 9.55. The Morgan fingerprint density at radius 1 is 0.906 bits per heavy atom. The lowest BCUT2D eigenvalue weighted by Crippen LogP contribution is -2.55. The molecule has 4 aliphatic rings. The molecule has 4 fully saturated rings. The zero-order chi connectivity index (χ0) is 24.1. The van der Waals surface area contributed by atoms with Gasteiger partial charge in [0.15, 0.2) is 0 Å². The molecule has 0 heterocycles. The number of carboxylic acids is 1. The second kappa shape index (κ2) is 11.7. The Labute approximate surface area is 200 Å². The van der Waals surface area contributed by atoms with Gasteiger partial charge in [-0.15, -0.1) is 0 Å². The lowest BCUT2D eigenvalue weighted by Gasteiger charge is -2.63. The van der Waals surface area contributed by atoms with Gasteiger partial charge >= 0.3 is 5.97 Å². The van der Waals surface area contributed by atoms with Crippen molar-refractivity contribution in [3.05, 3.63) is 0 Å². The van der Waals surface area contributed by atoms with Crippen molar-refractivity contribution in [1.82, 2.24) is 0 Å². The minimum atomic E-state index is -0.621. The predicted molar refractivity (Wildman–Crippen MR) is 138 cm³/mol. The van der Waals surface area contributed by atoms with Gasteiger partial charge in [-0.25, -0.2) is 0 Å². The summed E-state index contributed by atoms with van der Waals surface area (Å²) in [6.45, 7) is 18.1. The largest absolute Gasteiger partial charge is 0.481 e. The first-order valence-electron chi connectivity index (χ1n) is 14.5. The van der Waals surface area contributed by atoms with Gasteiger partial charge in [0.25, 0.3) is 0 Å². The van der Waals surface area contributed by atoms with Crippen LogP contribution in [0.1, 0.15) is 132 Å². The first kappa shape index (κ1) is 27.7. The molecule has 0 aromatic heterocycles. The van der Waals surface area contributed by atoms with Gasteiger partial charge in [-0.2, -0.15) is 0 Å². The van der Waals surface area contributed by atoms with Crippen molar-refractivity contribution >= 4 is 5.97 Å². The monoisotopic (exact) mass is 448 g/mol. The summed E-state index contributed by atoms with van der Waals surface area (Å²) < 4.78 is 0. The Hall–Kier alpha value is -0.530. The van der Waals surface area contributed by atoms with E-state index in [-0.39, 0.29) is 0 Å². The molecule has 0 bridgehead atoms. The Morgan fingerprint density at radius 2 is 1.56 bits per heavy atom. The van der Waals surface area contributed by atoms with Crippen molar-refractivity contribution in [2.24, 2.45) is 52.3 Å². The first-order valence-corrected chi connectivity index (χ1v) is 14.5. The van der Waals surface area contributed by atoms with Crippen molar-refractivity contribution in [2.45, 2.75) is 132 Å². The van der Waals surface area contributed by atoms with E-state index in [1.54, 1.807) is 0 Å². The average Bonchev–Trinajstić information content (AvgIpc) is 3.16. The Morgan fingerprint density at radius 3 is 2.19 bits per heavy atom. The number of rotatable bonds is 5.